The summed E-state index contributed by atoms with van der Waals surface area (Å²) in [5, 5.41) is 15.4. The van der Waals surface area contributed by atoms with Crippen LogP contribution in [0.1, 0.15) is 25.5 Å². The van der Waals surface area contributed by atoms with Crippen LogP contribution in [-0.2, 0) is 0 Å². The van der Waals surface area contributed by atoms with E-state index in [4.69, 9.17) is 0 Å². The number of aromatic nitrogens is 2. The van der Waals surface area contributed by atoms with Gasteiger partial charge in [-0.05, 0) is 26.8 Å². The van der Waals surface area contributed by atoms with Crippen molar-refractivity contribution in [3.63, 3.8) is 0 Å². The molecule has 0 saturated carbocycles. The summed E-state index contributed by atoms with van der Waals surface area (Å²) in [6.07, 6.45) is 0. The third-order valence-electron chi connectivity index (χ3n) is 3.71. The minimum absolute atomic E-state index is 0.166. The van der Waals surface area contributed by atoms with E-state index in [0.717, 1.165) is 22.4 Å². The molecule has 1 heterocycles. The Hall–Kier alpha value is -2.55. The smallest absolute Gasteiger partial charge is 0.169 e. The Morgan fingerprint density at radius 2 is 1.64 bits per heavy atom. The van der Waals surface area contributed by atoms with E-state index in [-0.39, 0.29) is 11.8 Å². The quantitative estimate of drug-likeness (QED) is 0.752. The fraction of sp³-hybridized carbons (Fsp3) is 0.211. The molecule has 0 radical (unpaired) electrons. The fourth-order valence-electron chi connectivity index (χ4n) is 2.65. The lowest BCUT2D eigenvalue weighted by molar-refractivity contribution is 0.475. The van der Waals surface area contributed by atoms with Crippen LogP contribution in [0.3, 0.4) is 0 Å². The van der Waals surface area contributed by atoms with Gasteiger partial charge in [-0.2, -0.15) is 5.10 Å². The zero-order valence-corrected chi connectivity index (χ0v) is 13.1. The first-order chi connectivity index (χ1) is 10.6. The maximum absolute atomic E-state index is 10.8. The number of benzene rings is 2. The Balaban J connectivity index is 2.23. The van der Waals surface area contributed by atoms with Crippen molar-refractivity contribution in [1.82, 2.24) is 9.78 Å². The minimum atomic E-state index is 0.166. The number of aromatic hydroxyl groups is 1. The molecule has 0 fully saturated rings. The summed E-state index contributed by atoms with van der Waals surface area (Å²) in [5.74, 6) is 0.241. The Morgan fingerprint density at radius 3 is 2.27 bits per heavy atom. The molecule has 3 nitrogen and oxygen atoms in total. The number of rotatable bonds is 3. The molecule has 22 heavy (non-hydrogen) atoms. The van der Waals surface area contributed by atoms with E-state index >= 15 is 0 Å². The molecule has 1 N–H and O–H groups in total. The Labute approximate surface area is 130 Å². The van der Waals surface area contributed by atoms with Gasteiger partial charge < -0.3 is 5.11 Å². The molecule has 0 aliphatic carbocycles. The molecule has 0 amide bonds. The lowest BCUT2D eigenvalue weighted by Gasteiger charge is -2.11. The molecule has 3 aromatic rings. The molecule has 1 aromatic heterocycles. The highest BCUT2D eigenvalue weighted by Crippen LogP contribution is 2.39. The predicted octanol–water partition coefficient (Wildman–Crippen LogP) is 4.81. The van der Waals surface area contributed by atoms with Gasteiger partial charge in [-0.3, -0.25) is 4.68 Å². The number of hydrogen-bond donors (Lipinski definition) is 1. The van der Waals surface area contributed by atoms with Crippen LogP contribution in [0.2, 0.25) is 0 Å². The van der Waals surface area contributed by atoms with E-state index in [1.807, 2.05) is 47.1 Å². The zero-order chi connectivity index (χ0) is 15.7. The maximum atomic E-state index is 10.8. The third kappa shape index (κ3) is 2.50. The highest BCUT2D eigenvalue weighted by Gasteiger charge is 2.21. The minimum Gasteiger partial charge on any atom is -0.504 e. The van der Waals surface area contributed by atoms with Crippen molar-refractivity contribution in [2.75, 3.05) is 0 Å². The van der Waals surface area contributed by atoms with Crippen LogP contribution in [0, 0.1) is 6.92 Å². The van der Waals surface area contributed by atoms with Gasteiger partial charge in [-0.15, -0.1) is 0 Å². The van der Waals surface area contributed by atoms with Gasteiger partial charge >= 0.3 is 0 Å². The van der Waals surface area contributed by atoms with E-state index in [9.17, 15) is 5.11 Å². The highest BCUT2D eigenvalue weighted by atomic mass is 16.3. The molecular weight excluding hydrogens is 272 g/mol. The number of aryl methyl sites for hydroxylation is 1. The van der Waals surface area contributed by atoms with Crippen molar-refractivity contribution in [2.24, 2.45) is 0 Å². The Kier molecular flexibility index (Phi) is 3.72. The topological polar surface area (TPSA) is 38.1 Å². The first-order valence-corrected chi connectivity index (χ1v) is 7.52. The zero-order valence-electron chi connectivity index (χ0n) is 13.1. The first-order valence-electron chi connectivity index (χ1n) is 7.52. The molecule has 0 unspecified atom stereocenters. The molecule has 3 rings (SSSR count). The summed E-state index contributed by atoms with van der Waals surface area (Å²) in [5.41, 5.74) is 4.48. The SMILES string of the molecule is Cc1cccc(-c2c(O)c(-c3ccccc3)nn2C(C)C)c1. The molecule has 0 spiro atoms. The molecule has 112 valence electrons. The molecule has 2 aromatic carbocycles. The van der Waals surface area contributed by atoms with Crippen LogP contribution >= 0.6 is 0 Å². The lowest BCUT2D eigenvalue weighted by Crippen LogP contribution is -2.05. The van der Waals surface area contributed by atoms with Gasteiger partial charge in [0.25, 0.3) is 0 Å². The fourth-order valence-corrected chi connectivity index (χ4v) is 2.65. The van der Waals surface area contributed by atoms with E-state index in [0.29, 0.717) is 5.69 Å². The third-order valence-corrected chi connectivity index (χ3v) is 3.71. The summed E-state index contributed by atoms with van der Waals surface area (Å²) in [6.45, 7) is 6.19. The van der Waals surface area contributed by atoms with Crippen LogP contribution in [0.4, 0.5) is 0 Å². The molecule has 0 bridgehead atoms. The average Bonchev–Trinajstić information content (AvgIpc) is 2.86. The van der Waals surface area contributed by atoms with Gasteiger partial charge in [0.05, 0.1) is 0 Å². The average molecular weight is 292 g/mol. The summed E-state index contributed by atoms with van der Waals surface area (Å²) in [6, 6.07) is 18.1. The predicted molar refractivity (Wildman–Crippen MR) is 89.9 cm³/mol. The molecule has 0 saturated heterocycles. The second-order valence-electron chi connectivity index (χ2n) is 5.82. The van der Waals surface area contributed by atoms with Crippen molar-refractivity contribution in [1.29, 1.82) is 0 Å². The van der Waals surface area contributed by atoms with Crippen LogP contribution in [0.15, 0.2) is 54.6 Å². The van der Waals surface area contributed by atoms with Crippen LogP contribution in [-0.4, -0.2) is 14.9 Å². The van der Waals surface area contributed by atoms with Gasteiger partial charge in [0.2, 0.25) is 0 Å². The number of hydrogen-bond acceptors (Lipinski definition) is 2. The first kappa shape index (κ1) is 14.4. The maximum Gasteiger partial charge on any atom is 0.169 e. The normalized spacial score (nSPS) is 11.1. The van der Waals surface area contributed by atoms with Crippen LogP contribution in [0.25, 0.3) is 22.5 Å². The van der Waals surface area contributed by atoms with E-state index < -0.39 is 0 Å². The monoisotopic (exact) mass is 292 g/mol. The van der Waals surface area contributed by atoms with Crippen molar-refractivity contribution >= 4 is 0 Å². The largest absolute Gasteiger partial charge is 0.504 e. The van der Waals surface area contributed by atoms with Gasteiger partial charge in [0, 0.05) is 17.2 Å². The summed E-state index contributed by atoms with van der Waals surface area (Å²) >= 11 is 0. The van der Waals surface area contributed by atoms with E-state index in [1.54, 1.807) is 0 Å². The Bertz CT molecular complexity index is 788. The standard InChI is InChI=1S/C19H20N2O/c1-13(2)21-18(16-11-7-8-14(3)12-16)19(22)17(20-21)15-9-5-4-6-10-15/h4-13,22H,1-3H3. The second-order valence-corrected chi connectivity index (χ2v) is 5.82. The van der Waals surface area contributed by atoms with Gasteiger partial charge in [0.15, 0.2) is 5.75 Å². The van der Waals surface area contributed by atoms with Crippen molar-refractivity contribution in [3.05, 3.63) is 60.2 Å². The molecule has 0 aliphatic heterocycles. The summed E-state index contributed by atoms with van der Waals surface area (Å²) in [7, 11) is 0. The summed E-state index contributed by atoms with van der Waals surface area (Å²) in [4.78, 5) is 0. The van der Waals surface area contributed by atoms with E-state index in [2.05, 4.69) is 38.0 Å². The second kappa shape index (κ2) is 5.68. The van der Waals surface area contributed by atoms with Crippen molar-refractivity contribution in [2.45, 2.75) is 26.8 Å². The van der Waals surface area contributed by atoms with Crippen LogP contribution in [0.5, 0.6) is 5.75 Å². The van der Waals surface area contributed by atoms with Gasteiger partial charge in [-0.25, -0.2) is 0 Å². The molecule has 0 atom stereocenters. The van der Waals surface area contributed by atoms with Crippen LogP contribution < -0.4 is 0 Å². The lowest BCUT2D eigenvalue weighted by atomic mass is 10.1. The van der Waals surface area contributed by atoms with Crippen molar-refractivity contribution < 1.29 is 5.11 Å². The van der Waals surface area contributed by atoms with E-state index in [1.165, 1.54) is 0 Å². The molecule has 0 aliphatic rings. The molecular formula is C19H20N2O. The Morgan fingerprint density at radius 1 is 0.955 bits per heavy atom. The van der Waals surface area contributed by atoms with Gasteiger partial charge in [-0.1, -0.05) is 54.1 Å². The molecule has 3 heteroatoms. The van der Waals surface area contributed by atoms with Crippen molar-refractivity contribution in [3.8, 4) is 28.3 Å². The number of nitrogens with zero attached hydrogens (tertiary/aromatic N) is 2. The summed E-state index contributed by atoms with van der Waals surface area (Å²) < 4.78 is 1.90. The van der Waals surface area contributed by atoms with Gasteiger partial charge in [0.1, 0.15) is 11.4 Å². The highest BCUT2D eigenvalue weighted by molar-refractivity contribution is 5.78.